The van der Waals surface area contributed by atoms with E-state index >= 15 is 0 Å². The molecule has 0 aliphatic heterocycles. The van der Waals surface area contributed by atoms with Gasteiger partial charge >= 0.3 is 0 Å². The van der Waals surface area contributed by atoms with E-state index in [9.17, 15) is 0 Å². The second-order valence-electron chi connectivity index (χ2n) is 5.42. The zero-order valence-corrected chi connectivity index (χ0v) is 13.2. The minimum absolute atomic E-state index is 0.700. The number of para-hydroxylation sites is 1. The van der Waals surface area contributed by atoms with Gasteiger partial charge in [-0.25, -0.2) is 4.98 Å². The van der Waals surface area contributed by atoms with E-state index in [-0.39, 0.29) is 0 Å². The van der Waals surface area contributed by atoms with Crippen molar-refractivity contribution >= 4 is 22.7 Å². The molecule has 2 N–H and O–H groups in total. The summed E-state index contributed by atoms with van der Waals surface area (Å²) < 4.78 is 0. The number of benzene rings is 1. The van der Waals surface area contributed by atoms with Gasteiger partial charge in [0.1, 0.15) is 5.82 Å². The maximum Gasteiger partial charge on any atom is 0.225 e. The molecule has 0 saturated heterocycles. The molecule has 1 aromatic heterocycles. The lowest BCUT2D eigenvalue weighted by Crippen LogP contribution is -2.17. The van der Waals surface area contributed by atoms with E-state index in [1.165, 1.54) is 0 Å². The van der Waals surface area contributed by atoms with Gasteiger partial charge in [-0.05, 0) is 45.6 Å². The Morgan fingerprint density at radius 3 is 2.62 bits per heavy atom. The van der Waals surface area contributed by atoms with Crippen LogP contribution < -0.4 is 10.6 Å². The van der Waals surface area contributed by atoms with Crippen molar-refractivity contribution in [2.45, 2.75) is 19.8 Å². The third-order valence-corrected chi connectivity index (χ3v) is 3.21. The Balaban J connectivity index is 2.14. The van der Waals surface area contributed by atoms with Crippen molar-refractivity contribution in [1.82, 2.24) is 14.9 Å². The molecule has 0 radical (unpaired) electrons. The predicted octanol–water partition coefficient (Wildman–Crippen LogP) is 2.82. The summed E-state index contributed by atoms with van der Waals surface area (Å²) in [6.45, 7) is 5.00. The highest BCUT2D eigenvalue weighted by Crippen LogP contribution is 2.21. The lowest BCUT2D eigenvalue weighted by molar-refractivity contribution is 0.405. The van der Waals surface area contributed by atoms with Crippen LogP contribution in [0.1, 0.15) is 19.8 Å². The summed E-state index contributed by atoms with van der Waals surface area (Å²) in [5.41, 5.74) is 0.973. The SMILES string of the molecule is CCCNc1nc(NCCCN(C)C)c2ccccc2n1. The highest BCUT2D eigenvalue weighted by molar-refractivity contribution is 5.89. The maximum atomic E-state index is 4.61. The summed E-state index contributed by atoms with van der Waals surface area (Å²) >= 11 is 0. The molecule has 1 heterocycles. The van der Waals surface area contributed by atoms with Crippen molar-refractivity contribution in [3.8, 4) is 0 Å². The molecular weight excluding hydrogens is 262 g/mol. The minimum atomic E-state index is 0.700. The second kappa shape index (κ2) is 7.78. The summed E-state index contributed by atoms with van der Waals surface area (Å²) in [6.07, 6.45) is 2.14. The lowest BCUT2D eigenvalue weighted by atomic mass is 10.2. The summed E-state index contributed by atoms with van der Waals surface area (Å²) in [5, 5.41) is 7.78. The van der Waals surface area contributed by atoms with Gasteiger partial charge in [0.2, 0.25) is 5.95 Å². The molecule has 21 heavy (non-hydrogen) atoms. The van der Waals surface area contributed by atoms with Gasteiger partial charge in [-0.15, -0.1) is 0 Å². The molecule has 0 spiro atoms. The summed E-state index contributed by atoms with van der Waals surface area (Å²) in [5.74, 6) is 1.61. The molecule has 0 unspecified atom stereocenters. The number of hydrogen-bond donors (Lipinski definition) is 2. The molecular formula is C16H25N5. The Kier molecular flexibility index (Phi) is 5.75. The Morgan fingerprint density at radius 2 is 1.86 bits per heavy atom. The number of hydrogen-bond acceptors (Lipinski definition) is 5. The maximum absolute atomic E-state index is 4.61. The fraction of sp³-hybridized carbons (Fsp3) is 0.500. The first-order chi connectivity index (χ1) is 10.2. The van der Waals surface area contributed by atoms with E-state index in [1.807, 2.05) is 18.2 Å². The largest absolute Gasteiger partial charge is 0.369 e. The van der Waals surface area contributed by atoms with E-state index in [0.717, 1.165) is 49.2 Å². The molecule has 5 nitrogen and oxygen atoms in total. The van der Waals surface area contributed by atoms with Crippen LogP contribution in [0.3, 0.4) is 0 Å². The molecule has 0 atom stereocenters. The minimum Gasteiger partial charge on any atom is -0.369 e. The summed E-state index contributed by atoms with van der Waals surface area (Å²) in [6, 6.07) is 8.12. The van der Waals surface area contributed by atoms with E-state index in [1.54, 1.807) is 0 Å². The average molecular weight is 287 g/mol. The van der Waals surface area contributed by atoms with Gasteiger partial charge in [-0.2, -0.15) is 4.98 Å². The molecule has 1 aromatic carbocycles. The van der Waals surface area contributed by atoms with Gasteiger partial charge in [0.15, 0.2) is 0 Å². The zero-order chi connectivity index (χ0) is 15.1. The van der Waals surface area contributed by atoms with E-state index < -0.39 is 0 Å². The third-order valence-electron chi connectivity index (χ3n) is 3.21. The zero-order valence-electron chi connectivity index (χ0n) is 13.2. The summed E-state index contributed by atoms with van der Waals surface area (Å²) in [7, 11) is 4.18. The predicted molar refractivity (Wildman–Crippen MR) is 90.0 cm³/mol. The molecule has 2 rings (SSSR count). The van der Waals surface area contributed by atoms with Gasteiger partial charge < -0.3 is 15.5 Å². The van der Waals surface area contributed by atoms with Gasteiger partial charge in [-0.1, -0.05) is 19.1 Å². The average Bonchev–Trinajstić information content (AvgIpc) is 2.49. The molecule has 0 bridgehead atoms. The monoisotopic (exact) mass is 287 g/mol. The van der Waals surface area contributed by atoms with Crippen molar-refractivity contribution in [3.05, 3.63) is 24.3 Å². The third kappa shape index (κ3) is 4.56. The number of nitrogens with one attached hydrogen (secondary N) is 2. The fourth-order valence-electron chi connectivity index (χ4n) is 2.13. The van der Waals surface area contributed by atoms with Gasteiger partial charge in [0.05, 0.1) is 5.52 Å². The Morgan fingerprint density at radius 1 is 1.05 bits per heavy atom. The Bertz CT molecular complexity index is 568. The number of rotatable bonds is 8. The molecule has 2 aromatic rings. The van der Waals surface area contributed by atoms with Crippen molar-refractivity contribution in [1.29, 1.82) is 0 Å². The van der Waals surface area contributed by atoms with Crippen LogP contribution in [0.4, 0.5) is 11.8 Å². The standard InChI is InChI=1S/C16H25N5/c1-4-10-18-16-19-14-9-6-5-8-13(14)15(20-16)17-11-7-12-21(2)3/h5-6,8-9H,4,7,10-12H2,1-3H3,(H2,17,18,19,20). The normalized spacial score (nSPS) is 11.0. The van der Waals surface area contributed by atoms with Gasteiger partial charge in [0, 0.05) is 18.5 Å². The smallest absolute Gasteiger partial charge is 0.225 e. The molecule has 0 saturated carbocycles. The molecule has 0 aliphatic carbocycles. The first kappa shape index (κ1) is 15.5. The second-order valence-corrected chi connectivity index (χ2v) is 5.42. The van der Waals surface area contributed by atoms with Crippen LogP contribution in [-0.4, -0.2) is 48.6 Å². The first-order valence-corrected chi connectivity index (χ1v) is 7.60. The van der Waals surface area contributed by atoms with Crippen LogP contribution in [0.5, 0.6) is 0 Å². The van der Waals surface area contributed by atoms with Crippen LogP contribution in [0.15, 0.2) is 24.3 Å². The Labute approximate surface area is 126 Å². The highest BCUT2D eigenvalue weighted by atomic mass is 15.1. The first-order valence-electron chi connectivity index (χ1n) is 7.60. The van der Waals surface area contributed by atoms with Gasteiger partial charge in [-0.3, -0.25) is 0 Å². The highest BCUT2D eigenvalue weighted by Gasteiger charge is 2.06. The number of fused-ring (bicyclic) bond motifs is 1. The molecule has 114 valence electrons. The van der Waals surface area contributed by atoms with E-state index in [0.29, 0.717) is 5.95 Å². The van der Waals surface area contributed by atoms with Crippen LogP contribution in [0.25, 0.3) is 10.9 Å². The number of nitrogens with zero attached hydrogens (tertiary/aromatic N) is 3. The van der Waals surface area contributed by atoms with Crippen LogP contribution in [0.2, 0.25) is 0 Å². The molecule has 0 fully saturated rings. The van der Waals surface area contributed by atoms with E-state index in [4.69, 9.17) is 0 Å². The van der Waals surface area contributed by atoms with Crippen molar-refractivity contribution in [3.63, 3.8) is 0 Å². The number of aromatic nitrogens is 2. The van der Waals surface area contributed by atoms with Crippen LogP contribution in [0, 0.1) is 0 Å². The molecule has 5 heteroatoms. The number of anilines is 2. The van der Waals surface area contributed by atoms with Crippen molar-refractivity contribution in [2.75, 3.05) is 44.4 Å². The van der Waals surface area contributed by atoms with Crippen LogP contribution in [-0.2, 0) is 0 Å². The lowest BCUT2D eigenvalue weighted by Gasteiger charge is -2.13. The summed E-state index contributed by atoms with van der Waals surface area (Å²) in [4.78, 5) is 11.4. The quantitative estimate of drug-likeness (QED) is 0.731. The Hall–Kier alpha value is -1.88. The molecule has 0 aliphatic rings. The topological polar surface area (TPSA) is 53.1 Å². The molecule has 0 amide bonds. The van der Waals surface area contributed by atoms with E-state index in [2.05, 4.69) is 52.6 Å². The van der Waals surface area contributed by atoms with Crippen molar-refractivity contribution < 1.29 is 0 Å². The van der Waals surface area contributed by atoms with Crippen LogP contribution >= 0.6 is 0 Å². The fourth-order valence-corrected chi connectivity index (χ4v) is 2.13. The van der Waals surface area contributed by atoms with Gasteiger partial charge in [0.25, 0.3) is 0 Å². The van der Waals surface area contributed by atoms with Crippen molar-refractivity contribution in [2.24, 2.45) is 0 Å².